The Morgan fingerprint density at radius 3 is 2.57 bits per heavy atom. The lowest BCUT2D eigenvalue weighted by molar-refractivity contribution is -0.147. The minimum absolute atomic E-state index is 0.222. The number of esters is 1. The maximum Gasteiger partial charge on any atom is 0.346 e. The number of nitrogens with zero attached hydrogens (tertiary/aromatic N) is 3. The van der Waals surface area contributed by atoms with Gasteiger partial charge >= 0.3 is 5.97 Å². The van der Waals surface area contributed by atoms with E-state index in [2.05, 4.69) is 5.10 Å². The third kappa shape index (κ3) is 4.54. The average molecular weight is 498 g/mol. The number of rotatable bonds is 7. The lowest BCUT2D eigenvalue weighted by Crippen LogP contribution is -2.25. The Kier molecular flexibility index (Phi) is 6.42. The molecular weight excluding hydrogens is 474 g/mol. The maximum absolute atomic E-state index is 13.5. The van der Waals surface area contributed by atoms with Gasteiger partial charge in [-0.15, -0.1) is 0 Å². The second-order valence-corrected chi connectivity index (χ2v) is 8.12. The summed E-state index contributed by atoms with van der Waals surface area (Å²) in [5.41, 5.74) is 1.28. The number of methoxy groups -OCH3 is 2. The van der Waals surface area contributed by atoms with Gasteiger partial charge in [0.25, 0.3) is 5.56 Å². The molecule has 9 heteroatoms. The first-order valence-corrected chi connectivity index (χ1v) is 11.5. The normalized spacial score (nSPS) is 12.2. The highest BCUT2D eigenvalue weighted by molar-refractivity contribution is 5.89. The average Bonchev–Trinajstić information content (AvgIpc) is 3.37. The second kappa shape index (κ2) is 9.98. The van der Waals surface area contributed by atoms with Crippen LogP contribution in [0.5, 0.6) is 11.5 Å². The van der Waals surface area contributed by atoms with Crippen molar-refractivity contribution >= 4 is 34.1 Å². The van der Waals surface area contributed by atoms with Crippen LogP contribution in [0.1, 0.15) is 12.5 Å². The molecule has 3 aromatic carbocycles. The molecular formula is C28H23N3O6. The quantitative estimate of drug-likeness (QED) is 0.238. The van der Waals surface area contributed by atoms with Gasteiger partial charge in [0.2, 0.25) is 5.82 Å². The van der Waals surface area contributed by atoms with Crippen LogP contribution in [0, 0.1) is 0 Å². The molecule has 0 N–H and O–H groups in total. The molecule has 37 heavy (non-hydrogen) atoms. The van der Waals surface area contributed by atoms with Crippen molar-refractivity contribution in [2.45, 2.75) is 13.0 Å². The van der Waals surface area contributed by atoms with Crippen LogP contribution in [0.4, 0.5) is 0 Å². The van der Waals surface area contributed by atoms with Crippen LogP contribution in [0.25, 0.3) is 33.5 Å². The Bertz CT molecular complexity index is 1700. The number of furan rings is 1. The Morgan fingerprint density at radius 1 is 1.00 bits per heavy atom. The van der Waals surface area contributed by atoms with Gasteiger partial charge in [-0.1, -0.05) is 30.3 Å². The zero-order valence-corrected chi connectivity index (χ0v) is 20.4. The first-order valence-electron chi connectivity index (χ1n) is 11.5. The highest BCUT2D eigenvalue weighted by atomic mass is 16.6. The van der Waals surface area contributed by atoms with Crippen molar-refractivity contribution in [3.05, 3.63) is 88.7 Å². The first kappa shape index (κ1) is 23.8. The number of fused-ring (bicyclic) bond motifs is 2. The SMILES string of the molecule is COC(=O)[C@@H](C)Oc1ccccc1C=Nn1c(-c2cc3c(OC)cccc3o2)nc2ccccc2c1=O. The highest BCUT2D eigenvalue weighted by Crippen LogP contribution is 2.33. The number of aromatic nitrogens is 2. The fourth-order valence-corrected chi connectivity index (χ4v) is 3.93. The molecule has 9 nitrogen and oxygen atoms in total. The predicted molar refractivity (Wildman–Crippen MR) is 139 cm³/mol. The molecule has 0 unspecified atom stereocenters. The molecule has 0 amide bonds. The van der Waals surface area contributed by atoms with E-state index >= 15 is 0 Å². The summed E-state index contributed by atoms with van der Waals surface area (Å²) in [4.78, 5) is 30.1. The highest BCUT2D eigenvalue weighted by Gasteiger charge is 2.19. The topological polar surface area (TPSA) is 105 Å². The van der Waals surface area contributed by atoms with Gasteiger partial charge in [-0.05, 0) is 49.4 Å². The first-order chi connectivity index (χ1) is 18.0. The number of hydrogen-bond acceptors (Lipinski definition) is 8. The summed E-state index contributed by atoms with van der Waals surface area (Å²) >= 11 is 0. The van der Waals surface area contributed by atoms with E-state index in [9.17, 15) is 9.59 Å². The minimum Gasteiger partial charge on any atom is -0.496 e. The zero-order valence-electron chi connectivity index (χ0n) is 20.4. The van der Waals surface area contributed by atoms with Gasteiger partial charge in [-0.25, -0.2) is 9.78 Å². The van der Waals surface area contributed by atoms with Crippen LogP contribution in [0.3, 0.4) is 0 Å². The van der Waals surface area contributed by atoms with Crippen molar-refractivity contribution in [2.24, 2.45) is 5.10 Å². The summed E-state index contributed by atoms with van der Waals surface area (Å²) in [5, 5.41) is 5.63. The number of ether oxygens (including phenoxy) is 3. The number of carbonyl (C=O) groups excluding carboxylic acids is 1. The minimum atomic E-state index is -0.828. The molecule has 0 saturated carbocycles. The Labute approximate surface area is 211 Å². The third-order valence-corrected chi connectivity index (χ3v) is 5.78. The van der Waals surface area contributed by atoms with Crippen molar-refractivity contribution in [3.8, 4) is 23.1 Å². The molecule has 2 aromatic heterocycles. The van der Waals surface area contributed by atoms with Crippen LogP contribution < -0.4 is 15.0 Å². The largest absolute Gasteiger partial charge is 0.496 e. The van der Waals surface area contributed by atoms with Gasteiger partial charge in [0.1, 0.15) is 17.1 Å². The van der Waals surface area contributed by atoms with Crippen LogP contribution in [0.2, 0.25) is 0 Å². The predicted octanol–water partition coefficient (Wildman–Crippen LogP) is 4.64. The van der Waals surface area contributed by atoms with Gasteiger partial charge in [0, 0.05) is 5.56 Å². The fourth-order valence-electron chi connectivity index (χ4n) is 3.93. The molecule has 186 valence electrons. The maximum atomic E-state index is 13.5. The van der Waals surface area contributed by atoms with E-state index in [-0.39, 0.29) is 11.4 Å². The van der Waals surface area contributed by atoms with E-state index in [1.165, 1.54) is 18.0 Å². The molecule has 0 spiro atoms. The molecule has 0 aliphatic carbocycles. The zero-order chi connectivity index (χ0) is 25.9. The van der Waals surface area contributed by atoms with E-state index < -0.39 is 12.1 Å². The molecule has 0 aliphatic heterocycles. The van der Waals surface area contributed by atoms with Crippen molar-refractivity contribution in [1.82, 2.24) is 9.66 Å². The summed E-state index contributed by atoms with van der Waals surface area (Å²) in [6.45, 7) is 1.59. The van der Waals surface area contributed by atoms with E-state index in [1.54, 1.807) is 62.6 Å². The van der Waals surface area contributed by atoms with Gasteiger partial charge in [-0.2, -0.15) is 9.78 Å². The van der Waals surface area contributed by atoms with E-state index in [1.807, 2.05) is 24.3 Å². The van der Waals surface area contributed by atoms with Gasteiger partial charge in [0.05, 0.1) is 36.7 Å². The van der Waals surface area contributed by atoms with Gasteiger partial charge in [-0.3, -0.25) is 4.79 Å². The van der Waals surface area contributed by atoms with E-state index in [0.29, 0.717) is 39.3 Å². The van der Waals surface area contributed by atoms with E-state index in [0.717, 1.165) is 5.39 Å². The smallest absolute Gasteiger partial charge is 0.346 e. The number of para-hydroxylation sites is 2. The molecule has 2 heterocycles. The summed E-state index contributed by atoms with van der Waals surface area (Å²) in [5.74, 6) is 1.10. The van der Waals surface area contributed by atoms with Gasteiger partial charge < -0.3 is 18.6 Å². The Balaban J connectivity index is 1.65. The van der Waals surface area contributed by atoms with E-state index in [4.69, 9.17) is 23.6 Å². The van der Waals surface area contributed by atoms with Crippen LogP contribution in [-0.4, -0.2) is 42.2 Å². The Hall–Kier alpha value is -4.92. The third-order valence-electron chi connectivity index (χ3n) is 5.78. The van der Waals surface area contributed by atoms with Crippen molar-refractivity contribution in [1.29, 1.82) is 0 Å². The van der Waals surface area contributed by atoms with Crippen molar-refractivity contribution < 1.29 is 23.4 Å². The lowest BCUT2D eigenvalue weighted by atomic mass is 10.2. The number of hydrogen-bond donors (Lipinski definition) is 0. The summed E-state index contributed by atoms with van der Waals surface area (Å²) in [6, 6.07) is 21.3. The van der Waals surface area contributed by atoms with Crippen molar-refractivity contribution in [2.75, 3.05) is 14.2 Å². The van der Waals surface area contributed by atoms with Gasteiger partial charge in [0.15, 0.2) is 11.9 Å². The standard InChI is InChI=1S/C28H23N3O6/c1-17(28(33)35-3)36-22-12-7-4-9-18(22)16-29-31-26(30-21-11-6-5-10-19(21)27(31)32)25-15-20-23(34-2)13-8-14-24(20)37-25/h4-17H,1-3H3/t17-/m1/s1. The lowest BCUT2D eigenvalue weighted by Gasteiger charge is -2.14. The molecule has 1 atom stereocenters. The summed E-state index contributed by atoms with van der Waals surface area (Å²) in [7, 11) is 2.88. The molecule has 5 aromatic rings. The monoisotopic (exact) mass is 497 g/mol. The van der Waals surface area contributed by atoms with Crippen LogP contribution in [-0.2, 0) is 9.53 Å². The van der Waals surface area contributed by atoms with Crippen LogP contribution >= 0.6 is 0 Å². The number of carbonyl (C=O) groups is 1. The molecule has 0 fully saturated rings. The summed E-state index contributed by atoms with van der Waals surface area (Å²) in [6.07, 6.45) is 0.648. The second-order valence-electron chi connectivity index (χ2n) is 8.12. The molecule has 5 rings (SSSR count). The molecule has 0 radical (unpaired) electrons. The molecule has 0 aliphatic rings. The molecule has 0 saturated heterocycles. The van der Waals surface area contributed by atoms with Crippen molar-refractivity contribution in [3.63, 3.8) is 0 Å². The fraction of sp³-hybridized carbons (Fsp3) is 0.143. The summed E-state index contributed by atoms with van der Waals surface area (Å²) < 4.78 is 23.2. The van der Waals surface area contributed by atoms with Crippen LogP contribution in [0.15, 0.2) is 87.1 Å². The molecule has 0 bridgehead atoms. The number of benzene rings is 3. The Morgan fingerprint density at radius 2 is 1.76 bits per heavy atom.